The first-order chi connectivity index (χ1) is 12.9. The number of amides is 1. The van der Waals surface area contributed by atoms with E-state index in [9.17, 15) is 13.2 Å². The van der Waals surface area contributed by atoms with Crippen molar-refractivity contribution >= 4 is 15.9 Å². The minimum atomic E-state index is -3.50. The zero-order chi connectivity index (χ0) is 19.1. The van der Waals surface area contributed by atoms with E-state index in [1.165, 1.54) is 0 Å². The summed E-state index contributed by atoms with van der Waals surface area (Å²) >= 11 is 0. The van der Waals surface area contributed by atoms with Gasteiger partial charge in [0, 0.05) is 32.4 Å². The molecule has 1 saturated heterocycles. The SMILES string of the molecule is Cn1cccc1C(=O)N1CCC2(CC[C@@H]2NS(=O)(=O)c2ccccc2)CC1. The highest BCUT2D eigenvalue weighted by Crippen LogP contribution is 2.49. The lowest BCUT2D eigenvalue weighted by Crippen LogP contribution is -2.59. The summed E-state index contributed by atoms with van der Waals surface area (Å²) in [7, 11) is -1.63. The fourth-order valence-corrected chi connectivity index (χ4v) is 5.73. The average Bonchev–Trinajstić information content (AvgIpc) is 3.11. The fourth-order valence-electron chi connectivity index (χ4n) is 4.33. The van der Waals surface area contributed by atoms with E-state index in [1.807, 2.05) is 40.9 Å². The molecule has 2 aromatic rings. The molecule has 2 aliphatic rings. The van der Waals surface area contributed by atoms with Gasteiger partial charge in [0.15, 0.2) is 0 Å². The Morgan fingerprint density at radius 3 is 2.33 bits per heavy atom. The number of hydrogen-bond acceptors (Lipinski definition) is 3. The van der Waals surface area contributed by atoms with Crippen molar-refractivity contribution in [2.45, 2.75) is 36.6 Å². The number of likely N-dealkylation sites (tertiary alicyclic amines) is 1. The quantitative estimate of drug-likeness (QED) is 0.876. The molecule has 0 radical (unpaired) electrons. The van der Waals surface area contributed by atoms with Crippen LogP contribution >= 0.6 is 0 Å². The molecule has 7 heteroatoms. The number of carbonyl (C=O) groups excluding carboxylic acids is 1. The van der Waals surface area contributed by atoms with E-state index in [2.05, 4.69) is 4.72 Å². The molecule has 1 spiro atoms. The molecule has 1 aromatic heterocycles. The number of rotatable bonds is 4. The van der Waals surface area contributed by atoms with Gasteiger partial charge < -0.3 is 9.47 Å². The van der Waals surface area contributed by atoms with Gasteiger partial charge in [-0.2, -0.15) is 0 Å². The van der Waals surface area contributed by atoms with Crippen molar-refractivity contribution in [3.8, 4) is 0 Å². The van der Waals surface area contributed by atoms with Gasteiger partial charge in [0.1, 0.15) is 5.69 Å². The van der Waals surface area contributed by atoms with E-state index >= 15 is 0 Å². The first-order valence-corrected chi connectivity index (χ1v) is 10.9. The molecule has 1 atom stereocenters. The maximum atomic E-state index is 12.7. The van der Waals surface area contributed by atoms with Crippen LogP contribution in [0.5, 0.6) is 0 Å². The zero-order valence-electron chi connectivity index (χ0n) is 15.5. The van der Waals surface area contributed by atoms with Crippen molar-refractivity contribution in [2.75, 3.05) is 13.1 Å². The standard InChI is InChI=1S/C20H25N3O3S/c1-22-13-5-8-17(22)19(24)23-14-11-20(12-15-23)10-9-18(20)21-27(25,26)16-6-3-2-4-7-16/h2-8,13,18,21H,9-12,14-15H2,1H3/t18-/m0/s1. The minimum Gasteiger partial charge on any atom is -0.347 e. The predicted octanol–water partition coefficient (Wildman–Crippen LogP) is 2.39. The first-order valence-electron chi connectivity index (χ1n) is 9.39. The third-order valence-corrected chi connectivity index (χ3v) is 7.72. The maximum Gasteiger partial charge on any atom is 0.270 e. The van der Waals surface area contributed by atoms with Crippen molar-refractivity contribution < 1.29 is 13.2 Å². The second-order valence-electron chi connectivity index (χ2n) is 7.68. The van der Waals surface area contributed by atoms with Gasteiger partial charge in [-0.25, -0.2) is 13.1 Å². The molecule has 1 aliphatic carbocycles. The third kappa shape index (κ3) is 3.30. The normalized spacial score (nSPS) is 21.8. The molecule has 1 saturated carbocycles. The summed E-state index contributed by atoms with van der Waals surface area (Å²) in [5.74, 6) is 0.0538. The number of carbonyl (C=O) groups is 1. The molecule has 2 heterocycles. The number of piperidine rings is 1. The van der Waals surface area contributed by atoms with Gasteiger partial charge in [-0.05, 0) is 55.4 Å². The minimum absolute atomic E-state index is 0.0210. The fraction of sp³-hybridized carbons (Fsp3) is 0.450. The molecule has 1 amide bonds. The molecule has 27 heavy (non-hydrogen) atoms. The van der Waals surface area contributed by atoms with Gasteiger partial charge in [0.25, 0.3) is 5.91 Å². The molecule has 144 valence electrons. The largest absolute Gasteiger partial charge is 0.347 e. The maximum absolute atomic E-state index is 12.7. The highest BCUT2D eigenvalue weighted by Gasteiger charge is 2.50. The highest BCUT2D eigenvalue weighted by atomic mass is 32.2. The number of aromatic nitrogens is 1. The molecule has 0 unspecified atom stereocenters. The topological polar surface area (TPSA) is 71.4 Å². The molecule has 1 N–H and O–H groups in total. The van der Waals surface area contributed by atoms with Crippen LogP contribution in [0.4, 0.5) is 0 Å². The van der Waals surface area contributed by atoms with Crippen LogP contribution < -0.4 is 4.72 Å². The lowest BCUT2D eigenvalue weighted by Gasteiger charge is -2.53. The van der Waals surface area contributed by atoms with E-state index in [0.717, 1.165) is 25.7 Å². The first kappa shape index (κ1) is 18.3. The average molecular weight is 388 g/mol. The summed E-state index contributed by atoms with van der Waals surface area (Å²) in [5.41, 5.74) is 0.674. The van der Waals surface area contributed by atoms with Crippen LogP contribution in [0.25, 0.3) is 0 Å². The predicted molar refractivity (Wildman–Crippen MR) is 103 cm³/mol. The summed E-state index contributed by atoms with van der Waals surface area (Å²) < 4.78 is 30.1. The number of hydrogen-bond donors (Lipinski definition) is 1. The van der Waals surface area contributed by atoms with E-state index < -0.39 is 10.0 Å². The van der Waals surface area contributed by atoms with E-state index in [4.69, 9.17) is 0 Å². The Labute approximate surface area is 160 Å². The van der Waals surface area contributed by atoms with Crippen LogP contribution in [0.1, 0.15) is 36.2 Å². The van der Waals surface area contributed by atoms with Crippen molar-refractivity contribution in [3.05, 3.63) is 54.4 Å². The molecular formula is C20H25N3O3S. The van der Waals surface area contributed by atoms with Gasteiger partial charge in [-0.1, -0.05) is 18.2 Å². The van der Waals surface area contributed by atoms with Gasteiger partial charge >= 0.3 is 0 Å². The Balaban J connectivity index is 1.41. The van der Waals surface area contributed by atoms with Crippen LogP contribution in [0, 0.1) is 5.41 Å². The zero-order valence-corrected chi connectivity index (χ0v) is 16.3. The van der Waals surface area contributed by atoms with Crippen LogP contribution in [0.15, 0.2) is 53.6 Å². The van der Waals surface area contributed by atoms with Gasteiger partial charge in [-0.3, -0.25) is 4.79 Å². The summed E-state index contributed by atoms with van der Waals surface area (Å²) in [6.45, 7) is 1.35. The Kier molecular flexibility index (Phi) is 4.60. The van der Waals surface area contributed by atoms with Gasteiger partial charge in [0.2, 0.25) is 10.0 Å². The molecular weight excluding hydrogens is 362 g/mol. The third-order valence-electron chi connectivity index (χ3n) is 6.23. The van der Waals surface area contributed by atoms with Crippen molar-refractivity contribution in [1.29, 1.82) is 0 Å². The summed E-state index contributed by atoms with van der Waals surface area (Å²) in [6, 6.07) is 12.2. The molecule has 1 aromatic carbocycles. The van der Waals surface area contributed by atoms with E-state index in [0.29, 0.717) is 23.7 Å². The summed E-state index contributed by atoms with van der Waals surface area (Å²) in [5, 5.41) is 0. The van der Waals surface area contributed by atoms with Gasteiger partial charge in [-0.15, -0.1) is 0 Å². The smallest absolute Gasteiger partial charge is 0.270 e. The Hall–Kier alpha value is -2.12. The van der Waals surface area contributed by atoms with Crippen molar-refractivity contribution in [3.63, 3.8) is 0 Å². The second-order valence-corrected chi connectivity index (χ2v) is 9.40. The number of nitrogens with one attached hydrogen (secondary N) is 1. The van der Waals surface area contributed by atoms with Crippen LogP contribution in [-0.2, 0) is 17.1 Å². The monoisotopic (exact) mass is 387 g/mol. The summed E-state index contributed by atoms with van der Waals surface area (Å²) in [4.78, 5) is 14.9. The number of nitrogens with zero attached hydrogens (tertiary/aromatic N) is 2. The molecule has 6 nitrogen and oxygen atoms in total. The van der Waals surface area contributed by atoms with E-state index in [-0.39, 0.29) is 17.4 Å². The van der Waals surface area contributed by atoms with E-state index in [1.54, 1.807) is 24.3 Å². The molecule has 0 bridgehead atoms. The molecule has 1 aliphatic heterocycles. The highest BCUT2D eigenvalue weighted by molar-refractivity contribution is 7.89. The number of sulfonamides is 1. The van der Waals surface area contributed by atoms with Gasteiger partial charge in [0.05, 0.1) is 4.90 Å². The Morgan fingerprint density at radius 2 is 1.78 bits per heavy atom. The van der Waals surface area contributed by atoms with Crippen molar-refractivity contribution in [1.82, 2.24) is 14.2 Å². The Morgan fingerprint density at radius 1 is 1.07 bits per heavy atom. The van der Waals surface area contributed by atoms with Crippen LogP contribution in [-0.4, -0.2) is 42.9 Å². The second kappa shape index (κ2) is 6.80. The van der Waals surface area contributed by atoms with Crippen LogP contribution in [0.3, 0.4) is 0 Å². The number of aryl methyl sites for hydroxylation is 1. The van der Waals surface area contributed by atoms with Crippen molar-refractivity contribution in [2.24, 2.45) is 12.5 Å². The molecule has 4 rings (SSSR count). The number of benzene rings is 1. The van der Waals surface area contributed by atoms with Crippen LogP contribution in [0.2, 0.25) is 0 Å². The lowest BCUT2D eigenvalue weighted by molar-refractivity contribution is 0.00476. The Bertz CT molecular complexity index is 928. The molecule has 2 fully saturated rings. The lowest BCUT2D eigenvalue weighted by atomic mass is 9.59. The summed E-state index contributed by atoms with van der Waals surface area (Å²) in [6.07, 6.45) is 5.42.